The maximum Gasteiger partial charge on any atom is 0.328 e. The molecule has 0 fully saturated rings. The first-order chi connectivity index (χ1) is 34.1. The number of rotatable bonds is 34. The number of carbonyl (C=O) groups is 9. The molecule has 22 heteroatoms. The molecule has 4 amide bonds. The van der Waals surface area contributed by atoms with E-state index in [-0.39, 0.29) is 99.2 Å². The van der Waals surface area contributed by atoms with Gasteiger partial charge >= 0.3 is 17.9 Å². The van der Waals surface area contributed by atoms with E-state index >= 15 is 0 Å². The van der Waals surface area contributed by atoms with Crippen LogP contribution in [-0.2, 0) is 57.4 Å². The van der Waals surface area contributed by atoms with Gasteiger partial charge in [-0.1, -0.05) is 76.2 Å². The molecule has 72 heavy (non-hydrogen) atoms. The zero-order chi connectivity index (χ0) is 52.0. The summed E-state index contributed by atoms with van der Waals surface area (Å²) in [5.74, 6) is -6.53. The summed E-state index contributed by atoms with van der Waals surface area (Å²) in [6.45, 7) is 4.57. The van der Waals surface area contributed by atoms with Gasteiger partial charge in [-0.05, 0) is 76.4 Å². The number of unbranched alkanes of at least 4 members (excludes halogenated alkanes) is 1. The first kappa shape index (κ1) is 62.8. The Labute approximate surface area is 440 Å². The number of carboxylic acid groups (broad SMARTS) is 1. The second-order valence-electron chi connectivity index (χ2n) is 16.1. The number of quaternary nitrogens is 1. The Morgan fingerprint density at radius 2 is 1.03 bits per heavy atom. The summed E-state index contributed by atoms with van der Waals surface area (Å²) in [4.78, 5) is 114. The normalized spacial score (nSPS) is 12.6. The van der Waals surface area contributed by atoms with E-state index < -0.39 is 85.4 Å². The van der Waals surface area contributed by atoms with Crippen LogP contribution in [0.5, 0.6) is 0 Å². The number of halogens is 1. The summed E-state index contributed by atoms with van der Waals surface area (Å²) in [5.41, 5.74) is 3.42. The van der Waals surface area contributed by atoms with Crippen molar-refractivity contribution in [2.75, 3.05) is 44.0 Å². The lowest BCUT2D eigenvalue weighted by molar-refractivity contribution is -0.438. The number of carbonyl (C=O) groups excluding carboxylic acids is 9. The monoisotopic (exact) mass is 1120 g/mol. The molecule has 0 heterocycles. The molecule has 3 rings (SSSR count). The molecule has 0 radical (unpaired) electrons. The average molecular weight is 1120 g/mol. The van der Waals surface area contributed by atoms with Crippen molar-refractivity contribution in [2.24, 2.45) is 0 Å². The fraction of sp³-hybridized carbons (Fsp3) is 0.460. The van der Waals surface area contributed by atoms with Gasteiger partial charge in [0.05, 0.1) is 44.4 Å². The van der Waals surface area contributed by atoms with Gasteiger partial charge in [0.2, 0.25) is 23.6 Å². The molecule has 0 aromatic heterocycles. The molecule has 0 unspecified atom stereocenters. The highest BCUT2D eigenvalue weighted by atomic mass is 79.9. The van der Waals surface area contributed by atoms with Gasteiger partial charge in [0.25, 0.3) is 0 Å². The molecule has 4 atom stereocenters. The van der Waals surface area contributed by atoms with Crippen LogP contribution in [-0.4, -0.2) is 121 Å². The molecule has 0 bridgehead atoms. The van der Waals surface area contributed by atoms with Crippen LogP contribution in [0.4, 0.5) is 0 Å². The highest BCUT2D eigenvalue weighted by Crippen LogP contribution is 2.56. The number of benzene rings is 3. The number of carboxylic acids is 1. The maximum atomic E-state index is 13.5. The van der Waals surface area contributed by atoms with Crippen molar-refractivity contribution in [1.82, 2.24) is 21.3 Å². The highest BCUT2D eigenvalue weighted by molar-refractivity contribution is 8.76. The van der Waals surface area contributed by atoms with Crippen molar-refractivity contribution in [3.05, 3.63) is 91.0 Å². The van der Waals surface area contributed by atoms with E-state index in [1.807, 2.05) is 54.6 Å². The minimum atomic E-state index is -2.12. The second-order valence-corrected chi connectivity index (χ2v) is 22.2. The SMILES string of the molecule is CCOC(=O)CCC(=O)[C@H](CSSC[C@H](NC(=O)CC[C@H]([NH3+])C(=O)[O-])C(=O)NCC(=O)OCC)NC(=O)CC[C@H](NC(=O)CCCC[P+](c1ccccc1)(c1ccccc1)c1ccccc1)C(=O)OCC.[Br-]. The van der Waals surface area contributed by atoms with Gasteiger partial charge in [0.15, 0.2) is 5.78 Å². The Balaban J connectivity index is 0.0000178. The summed E-state index contributed by atoms with van der Waals surface area (Å²) in [7, 11) is 0.00714. The Hall–Kier alpha value is -5.34. The highest BCUT2D eigenvalue weighted by Gasteiger charge is 2.44. The minimum absolute atomic E-state index is 0. The lowest BCUT2D eigenvalue weighted by Gasteiger charge is -2.27. The molecule has 0 saturated carbocycles. The molecule has 0 spiro atoms. The Morgan fingerprint density at radius 1 is 0.569 bits per heavy atom. The van der Waals surface area contributed by atoms with Crippen molar-refractivity contribution >= 4 is 98.1 Å². The van der Waals surface area contributed by atoms with E-state index in [1.165, 1.54) is 15.9 Å². The van der Waals surface area contributed by atoms with Gasteiger partial charge in [-0.25, -0.2) is 4.79 Å². The lowest BCUT2D eigenvalue weighted by Crippen LogP contribution is -3.00. The Morgan fingerprint density at radius 3 is 1.54 bits per heavy atom. The lowest BCUT2D eigenvalue weighted by atomic mass is 10.1. The second kappa shape index (κ2) is 34.9. The van der Waals surface area contributed by atoms with Gasteiger partial charge in [-0.3, -0.25) is 33.6 Å². The number of ether oxygens (including phenoxy) is 3. The summed E-state index contributed by atoms with van der Waals surface area (Å²) in [6, 6.07) is 26.5. The van der Waals surface area contributed by atoms with Gasteiger partial charge < -0.3 is 68.1 Å². The van der Waals surface area contributed by atoms with Crippen LogP contribution in [0, 0.1) is 0 Å². The average Bonchev–Trinajstić information content (AvgIpc) is 3.36. The van der Waals surface area contributed by atoms with Crippen molar-refractivity contribution in [2.45, 2.75) is 103 Å². The van der Waals surface area contributed by atoms with Crippen molar-refractivity contribution in [3.63, 3.8) is 0 Å². The van der Waals surface area contributed by atoms with Crippen molar-refractivity contribution in [3.8, 4) is 0 Å². The smallest absolute Gasteiger partial charge is 0.328 e. The maximum absolute atomic E-state index is 13.5. The molecule has 3 aromatic rings. The molecule has 7 N–H and O–H groups in total. The van der Waals surface area contributed by atoms with E-state index in [4.69, 9.17) is 14.2 Å². The molecular formula is C50H67BrN5O13PS2. The van der Waals surface area contributed by atoms with Gasteiger partial charge in [0, 0.05) is 43.6 Å². The zero-order valence-corrected chi connectivity index (χ0v) is 45.1. The summed E-state index contributed by atoms with van der Waals surface area (Å²) in [6.07, 6.45) is 0.747. The predicted octanol–water partition coefficient (Wildman–Crippen LogP) is -1.93. The van der Waals surface area contributed by atoms with Gasteiger partial charge in [0.1, 0.15) is 47.8 Å². The molecule has 0 aliphatic rings. The van der Waals surface area contributed by atoms with E-state index in [0.717, 1.165) is 27.7 Å². The van der Waals surface area contributed by atoms with Crippen molar-refractivity contribution < 1.29 is 85.2 Å². The van der Waals surface area contributed by atoms with E-state index in [2.05, 4.69) is 63.4 Å². The molecule has 18 nitrogen and oxygen atoms in total. The quantitative estimate of drug-likeness (QED) is 0.0143. The van der Waals surface area contributed by atoms with E-state index in [0.29, 0.717) is 12.8 Å². The van der Waals surface area contributed by atoms with Crippen LogP contribution >= 0.6 is 28.9 Å². The zero-order valence-electron chi connectivity index (χ0n) is 40.9. The first-order valence-corrected chi connectivity index (χ1v) is 28.1. The summed E-state index contributed by atoms with van der Waals surface area (Å²) < 4.78 is 15.1. The Bertz CT molecular complexity index is 2100. The van der Waals surface area contributed by atoms with Crippen LogP contribution in [0.1, 0.15) is 78.6 Å². The fourth-order valence-corrected chi connectivity index (χ4v) is 14.0. The number of hydrogen-bond acceptors (Lipinski definition) is 15. The van der Waals surface area contributed by atoms with Crippen LogP contribution in [0.25, 0.3) is 0 Å². The third-order valence-corrected chi connectivity index (χ3v) is 17.8. The number of esters is 3. The number of aliphatic carboxylic acids is 1. The minimum Gasteiger partial charge on any atom is -1.00 e. The third-order valence-electron chi connectivity index (χ3n) is 10.9. The molecule has 0 aliphatic carbocycles. The van der Waals surface area contributed by atoms with E-state index in [1.54, 1.807) is 20.8 Å². The molecule has 394 valence electrons. The van der Waals surface area contributed by atoms with Crippen LogP contribution < -0.4 is 65.0 Å². The number of nitrogens with one attached hydrogen (secondary N) is 4. The molecule has 3 aromatic carbocycles. The van der Waals surface area contributed by atoms with Crippen LogP contribution in [0.15, 0.2) is 91.0 Å². The fourth-order valence-electron chi connectivity index (χ4n) is 7.26. The summed E-state index contributed by atoms with van der Waals surface area (Å²) >= 11 is 0. The first-order valence-electron chi connectivity index (χ1n) is 23.6. The topological polar surface area (TPSA) is 280 Å². The number of hydrogen-bond donors (Lipinski definition) is 5. The van der Waals surface area contributed by atoms with Gasteiger partial charge in [-0.2, -0.15) is 0 Å². The molecule has 0 aliphatic heterocycles. The Kier molecular flexibility index (Phi) is 30.5. The summed E-state index contributed by atoms with van der Waals surface area (Å²) in [5, 5.41) is 25.1. The standard InChI is InChI=1S/C50H66N5O13PS2.BrH/c1-4-66-46(60)30-27-42(56)40(33-70-71-34-41(48(62)52-32-47(61)67-5-2)55-44(58)28-25-38(51)49(63)64)54-45(59)29-26-39(50(65)68-6-3)53-43(57)24-16-17-31-69(35-18-10-7-11-19-35,36-20-12-8-13-21-36)37-22-14-9-15-23-37;/h7-15,18-23,38-41H,4-6,16-17,24-34,51H2,1-3H3,(H4-,52,53,54,55,57,58,59,62,63,64);1H/t38-,39-,40-,41-;/m0./s1. The van der Waals surface area contributed by atoms with Crippen LogP contribution in [0.2, 0.25) is 0 Å². The largest absolute Gasteiger partial charge is 1.00 e. The van der Waals surface area contributed by atoms with Crippen LogP contribution in [0.3, 0.4) is 0 Å². The number of ketones is 1. The van der Waals surface area contributed by atoms with Crippen molar-refractivity contribution in [1.29, 1.82) is 0 Å². The third kappa shape index (κ3) is 22.2. The predicted molar refractivity (Wildman–Crippen MR) is 272 cm³/mol. The van der Waals surface area contributed by atoms with Gasteiger partial charge in [-0.15, -0.1) is 0 Å². The number of amides is 4. The van der Waals surface area contributed by atoms with E-state index in [9.17, 15) is 48.3 Å². The molecular weight excluding hydrogens is 1050 g/mol. The number of Topliss-reactive ketones (excluding diaryl/α,β-unsaturated/α-hetero) is 1. The molecule has 0 saturated heterocycles.